The smallest absolute Gasteiger partial charge is 0.133 e. The van der Waals surface area contributed by atoms with E-state index in [0.717, 1.165) is 41.3 Å². The minimum Gasteiger partial charge on any atom is -0.383 e. The maximum atomic E-state index is 9.75. The third-order valence-corrected chi connectivity index (χ3v) is 4.90. The zero-order valence-corrected chi connectivity index (χ0v) is 16.1. The first-order chi connectivity index (χ1) is 12.9. The average Bonchev–Trinajstić information content (AvgIpc) is 3.19. The lowest BCUT2D eigenvalue weighted by Gasteiger charge is -2.30. The summed E-state index contributed by atoms with van der Waals surface area (Å²) in [4.78, 5) is 6.81. The number of hydrogen-bond acceptors (Lipinski definition) is 6. The van der Waals surface area contributed by atoms with Crippen molar-refractivity contribution >= 4 is 17.2 Å². The van der Waals surface area contributed by atoms with Gasteiger partial charge in [-0.2, -0.15) is 10.4 Å². The Morgan fingerprint density at radius 2 is 2.19 bits per heavy atom. The minimum atomic E-state index is -0.684. The molecule has 3 N–H and O–H groups in total. The molecule has 27 heavy (non-hydrogen) atoms. The monoisotopic (exact) mass is 366 g/mol. The summed E-state index contributed by atoms with van der Waals surface area (Å²) < 4.78 is 5.43. The zero-order valence-electron chi connectivity index (χ0n) is 16.1. The van der Waals surface area contributed by atoms with Gasteiger partial charge in [0.05, 0.1) is 24.7 Å². The number of hydrogen-bond donors (Lipinski definition) is 2. The second-order valence-corrected chi connectivity index (χ2v) is 7.30. The number of nitrogen functional groups attached to an aromatic ring is 1. The summed E-state index contributed by atoms with van der Waals surface area (Å²) in [5, 5.41) is 16.7. The highest BCUT2D eigenvalue weighted by molar-refractivity contribution is 5.77. The fourth-order valence-corrected chi connectivity index (χ4v) is 3.24. The summed E-state index contributed by atoms with van der Waals surface area (Å²) in [6, 6.07) is 6.36. The molecule has 0 radical (unpaired) electrons. The summed E-state index contributed by atoms with van der Waals surface area (Å²) in [5.41, 5.74) is 9.47. The fraction of sp³-hybridized carbons (Fsp3) is 0.450. The highest BCUT2D eigenvalue weighted by Crippen LogP contribution is 2.36. The maximum absolute atomic E-state index is 9.75. The van der Waals surface area contributed by atoms with Crippen molar-refractivity contribution in [3.8, 4) is 6.07 Å². The van der Waals surface area contributed by atoms with Gasteiger partial charge in [0.25, 0.3) is 0 Å². The highest BCUT2D eigenvalue weighted by Gasteiger charge is 2.28. The molecule has 7 heteroatoms. The third-order valence-electron chi connectivity index (χ3n) is 4.90. The summed E-state index contributed by atoms with van der Waals surface area (Å²) in [6.45, 7) is 8.72. The van der Waals surface area contributed by atoms with Gasteiger partial charge < -0.3 is 15.4 Å². The molecule has 0 atom stereocenters. The number of anilines is 2. The van der Waals surface area contributed by atoms with Crippen molar-refractivity contribution in [3.05, 3.63) is 41.2 Å². The molecular weight excluding hydrogens is 340 g/mol. The Kier molecular flexibility index (Phi) is 5.47. The van der Waals surface area contributed by atoms with Gasteiger partial charge >= 0.3 is 0 Å². The van der Waals surface area contributed by atoms with Crippen LogP contribution in [0, 0.1) is 11.3 Å². The molecule has 0 aliphatic carbocycles. The van der Waals surface area contributed by atoms with Crippen molar-refractivity contribution < 1.29 is 4.74 Å². The van der Waals surface area contributed by atoms with Crippen molar-refractivity contribution in [2.45, 2.75) is 32.6 Å². The second-order valence-electron chi connectivity index (χ2n) is 7.30. The molecule has 1 aliphatic rings. The molecule has 0 aromatic carbocycles. The number of allylic oxidation sites excluding steroid dienone is 2. The lowest BCUT2D eigenvalue weighted by molar-refractivity contribution is 0.122. The second kappa shape index (κ2) is 7.80. The van der Waals surface area contributed by atoms with Gasteiger partial charge in [0.1, 0.15) is 11.6 Å². The van der Waals surface area contributed by atoms with Gasteiger partial charge in [-0.15, -0.1) is 0 Å². The number of aromatic nitrogens is 3. The van der Waals surface area contributed by atoms with Crippen LogP contribution in [0.5, 0.6) is 0 Å². The standard InChI is InChI=1S/C20H26N6O/c1-14(4-5-15-6-7-23-25-15)18-16(20(2,3)13-21)12-17(24-19(18)22)26-8-10-27-11-9-26/h4,6-7,12H,5,8-11H2,1-3H3,(H2,22,24)(H,23,25)/b14-4-. The number of aromatic amines is 1. The first kappa shape index (κ1) is 18.9. The molecule has 0 saturated carbocycles. The van der Waals surface area contributed by atoms with E-state index in [2.05, 4.69) is 32.2 Å². The molecule has 1 aliphatic heterocycles. The lowest BCUT2D eigenvalue weighted by atomic mass is 9.81. The highest BCUT2D eigenvalue weighted by atomic mass is 16.5. The molecule has 1 saturated heterocycles. The number of pyridine rings is 1. The number of nitrogens with one attached hydrogen (secondary N) is 1. The summed E-state index contributed by atoms with van der Waals surface area (Å²) in [6.07, 6.45) is 4.53. The molecule has 7 nitrogen and oxygen atoms in total. The molecule has 3 rings (SSSR count). The predicted octanol–water partition coefficient (Wildman–Crippen LogP) is 2.67. The Morgan fingerprint density at radius 1 is 1.44 bits per heavy atom. The van der Waals surface area contributed by atoms with E-state index in [1.165, 1.54) is 0 Å². The molecule has 2 aromatic rings. The molecule has 0 unspecified atom stereocenters. The lowest BCUT2D eigenvalue weighted by Crippen LogP contribution is -2.37. The van der Waals surface area contributed by atoms with E-state index < -0.39 is 5.41 Å². The van der Waals surface area contributed by atoms with Gasteiger partial charge in [0.2, 0.25) is 0 Å². The van der Waals surface area contributed by atoms with Gasteiger partial charge in [0, 0.05) is 37.0 Å². The van der Waals surface area contributed by atoms with Crippen LogP contribution in [0.4, 0.5) is 11.6 Å². The molecule has 0 spiro atoms. The van der Waals surface area contributed by atoms with Gasteiger partial charge in [-0.1, -0.05) is 6.08 Å². The van der Waals surface area contributed by atoms with E-state index in [4.69, 9.17) is 10.5 Å². The van der Waals surface area contributed by atoms with Crippen LogP contribution in [0.2, 0.25) is 0 Å². The van der Waals surface area contributed by atoms with Crippen molar-refractivity contribution in [2.24, 2.45) is 0 Å². The number of H-pyrrole nitrogens is 1. The Labute approximate surface area is 159 Å². The van der Waals surface area contributed by atoms with E-state index in [1.807, 2.05) is 32.9 Å². The average molecular weight is 366 g/mol. The first-order valence-corrected chi connectivity index (χ1v) is 9.12. The van der Waals surface area contributed by atoms with Crippen molar-refractivity contribution in [2.75, 3.05) is 36.9 Å². The molecule has 0 amide bonds. The van der Waals surface area contributed by atoms with Crippen molar-refractivity contribution in [1.82, 2.24) is 15.2 Å². The van der Waals surface area contributed by atoms with Crippen LogP contribution in [0.25, 0.3) is 5.57 Å². The summed E-state index contributed by atoms with van der Waals surface area (Å²) in [5.74, 6) is 1.26. The van der Waals surface area contributed by atoms with E-state index in [9.17, 15) is 5.26 Å². The van der Waals surface area contributed by atoms with E-state index in [-0.39, 0.29) is 0 Å². The van der Waals surface area contributed by atoms with E-state index >= 15 is 0 Å². The summed E-state index contributed by atoms with van der Waals surface area (Å²) >= 11 is 0. The molecule has 3 heterocycles. The minimum absolute atomic E-state index is 0.454. The molecule has 142 valence electrons. The van der Waals surface area contributed by atoms with Crippen molar-refractivity contribution in [3.63, 3.8) is 0 Å². The van der Waals surface area contributed by atoms with Crippen LogP contribution in [-0.2, 0) is 16.6 Å². The molecule has 0 bridgehead atoms. The van der Waals surface area contributed by atoms with Crippen LogP contribution < -0.4 is 10.6 Å². The van der Waals surface area contributed by atoms with Crippen LogP contribution in [0.3, 0.4) is 0 Å². The first-order valence-electron chi connectivity index (χ1n) is 9.12. The van der Waals surface area contributed by atoms with Crippen LogP contribution in [0.15, 0.2) is 24.4 Å². The van der Waals surface area contributed by atoms with Crippen molar-refractivity contribution in [1.29, 1.82) is 5.26 Å². The summed E-state index contributed by atoms with van der Waals surface area (Å²) in [7, 11) is 0. The van der Waals surface area contributed by atoms with E-state index in [0.29, 0.717) is 25.5 Å². The van der Waals surface area contributed by atoms with Gasteiger partial charge in [-0.05, 0) is 44.0 Å². The Morgan fingerprint density at radius 3 is 2.81 bits per heavy atom. The number of nitrogens with zero attached hydrogens (tertiary/aromatic N) is 4. The Balaban J connectivity index is 2.03. The number of nitrogens with two attached hydrogens (primary N) is 1. The predicted molar refractivity (Wildman–Crippen MR) is 106 cm³/mol. The van der Waals surface area contributed by atoms with Gasteiger partial charge in [-0.25, -0.2) is 4.98 Å². The topological polar surface area (TPSA) is 104 Å². The van der Waals surface area contributed by atoms with Crippen LogP contribution in [0.1, 0.15) is 37.6 Å². The molecule has 2 aromatic heterocycles. The quantitative estimate of drug-likeness (QED) is 0.843. The number of nitriles is 1. The number of ether oxygens (including phenoxy) is 1. The van der Waals surface area contributed by atoms with Crippen LogP contribution in [-0.4, -0.2) is 41.5 Å². The Hall–Kier alpha value is -2.85. The zero-order chi connectivity index (χ0) is 19.4. The normalized spacial score (nSPS) is 15.6. The SMILES string of the molecule is C/C(=C/Cc1ccn[nH]1)c1c(C(C)(C)C#N)cc(N2CCOCC2)nc1N. The largest absolute Gasteiger partial charge is 0.383 e. The molecule has 1 fully saturated rings. The fourth-order valence-electron chi connectivity index (χ4n) is 3.24. The molecular formula is C20H26N6O. The van der Waals surface area contributed by atoms with Gasteiger partial charge in [-0.3, -0.25) is 5.10 Å². The third kappa shape index (κ3) is 4.12. The Bertz CT molecular complexity index is 857. The van der Waals surface area contributed by atoms with E-state index in [1.54, 1.807) is 6.20 Å². The number of rotatable bonds is 5. The van der Waals surface area contributed by atoms with Gasteiger partial charge in [0.15, 0.2) is 0 Å². The number of morpholine rings is 1. The maximum Gasteiger partial charge on any atom is 0.133 e. The van der Waals surface area contributed by atoms with Crippen LogP contribution >= 0.6 is 0 Å².